The lowest BCUT2D eigenvalue weighted by Crippen LogP contribution is -1.91. The average molecular weight is 208 g/mol. The van der Waals surface area contributed by atoms with Crippen LogP contribution < -0.4 is 0 Å². The Balaban J connectivity index is 1.66. The van der Waals surface area contributed by atoms with Gasteiger partial charge in [-0.15, -0.1) is 0 Å². The van der Waals surface area contributed by atoms with Crippen molar-refractivity contribution >= 4 is 35.3 Å². The Kier molecular flexibility index (Phi) is 6.04. The smallest absolute Gasteiger partial charge is 0.0229 e. The van der Waals surface area contributed by atoms with Crippen LogP contribution in [-0.2, 0) is 0 Å². The van der Waals surface area contributed by atoms with Crippen molar-refractivity contribution in [1.29, 1.82) is 0 Å². The van der Waals surface area contributed by atoms with Crippen molar-refractivity contribution < 1.29 is 0 Å². The zero-order chi connectivity index (χ0) is 7.94. The molecule has 0 nitrogen and oxygen atoms in total. The van der Waals surface area contributed by atoms with Gasteiger partial charge in [0.2, 0.25) is 0 Å². The van der Waals surface area contributed by atoms with E-state index in [9.17, 15) is 0 Å². The number of hydrogen-bond donors (Lipinski definition) is 0. The van der Waals surface area contributed by atoms with Gasteiger partial charge in [-0.1, -0.05) is 6.92 Å². The van der Waals surface area contributed by atoms with Crippen molar-refractivity contribution in [3.8, 4) is 0 Å². The summed E-state index contributed by atoms with van der Waals surface area (Å²) in [5.41, 5.74) is 0. The third-order valence-corrected chi connectivity index (χ3v) is 4.87. The molecule has 1 heterocycles. The summed E-state index contributed by atoms with van der Waals surface area (Å²) in [4.78, 5) is 0. The fourth-order valence-electron chi connectivity index (χ4n) is 0.786. The number of rotatable bonds is 7. The molecule has 0 aromatic carbocycles. The molecule has 0 N–H and O–H groups in total. The molecule has 1 aliphatic heterocycles. The van der Waals surface area contributed by atoms with E-state index in [0.717, 1.165) is 5.25 Å². The van der Waals surface area contributed by atoms with Crippen LogP contribution in [0.1, 0.15) is 13.3 Å². The van der Waals surface area contributed by atoms with E-state index in [-0.39, 0.29) is 0 Å². The summed E-state index contributed by atoms with van der Waals surface area (Å²) in [6.45, 7) is 2.23. The molecule has 0 aromatic heterocycles. The van der Waals surface area contributed by atoms with Gasteiger partial charge < -0.3 is 0 Å². The van der Waals surface area contributed by atoms with Gasteiger partial charge in [-0.3, -0.25) is 0 Å². The highest BCUT2D eigenvalue weighted by atomic mass is 32.2. The van der Waals surface area contributed by atoms with Gasteiger partial charge in [0.1, 0.15) is 0 Å². The van der Waals surface area contributed by atoms with E-state index in [1.165, 1.54) is 35.2 Å². The quantitative estimate of drug-likeness (QED) is 0.466. The average Bonchev–Trinajstić information content (AvgIpc) is 2.80. The van der Waals surface area contributed by atoms with Gasteiger partial charge in [0.05, 0.1) is 0 Å². The van der Waals surface area contributed by atoms with Gasteiger partial charge in [0.15, 0.2) is 0 Å². The summed E-state index contributed by atoms with van der Waals surface area (Å²) in [6, 6.07) is 0. The van der Waals surface area contributed by atoms with Gasteiger partial charge in [0, 0.05) is 16.8 Å². The normalized spacial score (nSPS) is 22.1. The van der Waals surface area contributed by atoms with E-state index in [4.69, 9.17) is 0 Å². The first-order valence-corrected chi connectivity index (χ1v) is 7.56. The van der Waals surface area contributed by atoms with Crippen LogP contribution in [-0.4, -0.2) is 34.0 Å². The number of hydrogen-bond acceptors (Lipinski definition) is 3. The van der Waals surface area contributed by atoms with E-state index >= 15 is 0 Å². The lowest BCUT2D eigenvalue weighted by Gasteiger charge is -1.98. The van der Waals surface area contributed by atoms with Crippen molar-refractivity contribution in [3.05, 3.63) is 0 Å². The topological polar surface area (TPSA) is 0 Å². The van der Waals surface area contributed by atoms with E-state index in [1.54, 1.807) is 0 Å². The molecule has 0 radical (unpaired) electrons. The first kappa shape index (κ1) is 10.1. The SMILES string of the molecule is CCSCCCSCC1CS1. The Morgan fingerprint density at radius 1 is 1.36 bits per heavy atom. The standard InChI is InChI=1S/C8H16S3/c1-2-9-4-3-5-10-6-8-7-11-8/h8H,2-7H2,1H3. The second-order valence-corrected chi connectivity index (χ2v) is 6.46. The maximum atomic E-state index is 2.23. The Morgan fingerprint density at radius 2 is 2.09 bits per heavy atom. The summed E-state index contributed by atoms with van der Waals surface area (Å²) in [5.74, 6) is 6.85. The van der Waals surface area contributed by atoms with Gasteiger partial charge in [-0.25, -0.2) is 0 Å². The predicted octanol–water partition coefficient (Wildman–Crippen LogP) is 2.98. The second kappa shape index (κ2) is 6.55. The van der Waals surface area contributed by atoms with Crippen molar-refractivity contribution in [2.75, 3.05) is 28.8 Å². The van der Waals surface area contributed by atoms with E-state index < -0.39 is 0 Å². The minimum absolute atomic E-state index is 1.03. The van der Waals surface area contributed by atoms with Crippen LogP contribution in [0.2, 0.25) is 0 Å². The molecule has 0 bridgehead atoms. The lowest BCUT2D eigenvalue weighted by molar-refractivity contribution is 1.12. The lowest BCUT2D eigenvalue weighted by atomic mass is 10.6. The predicted molar refractivity (Wildman–Crippen MR) is 61.2 cm³/mol. The molecule has 0 aromatic rings. The van der Waals surface area contributed by atoms with Crippen LogP contribution in [0, 0.1) is 0 Å². The molecule has 0 aliphatic carbocycles. The van der Waals surface area contributed by atoms with Crippen molar-refractivity contribution in [2.24, 2.45) is 0 Å². The van der Waals surface area contributed by atoms with Crippen molar-refractivity contribution in [2.45, 2.75) is 18.6 Å². The molecular weight excluding hydrogens is 192 g/mol. The maximum Gasteiger partial charge on any atom is 0.0229 e. The van der Waals surface area contributed by atoms with Crippen LogP contribution in [0.25, 0.3) is 0 Å². The monoisotopic (exact) mass is 208 g/mol. The zero-order valence-electron chi connectivity index (χ0n) is 7.04. The Bertz CT molecular complexity index is 91.3. The van der Waals surface area contributed by atoms with Crippen LogP contribution in [0.15, 0.2) is 0 Å². The van der Waals surface area contributed by atoms with Crippen LogP contribution in [0.4, 0.5) is 0 Å². The molecule has 0 amide bonds. The van der Waals surface area contributed by atoms with Crippen molar-refractivity contribution in [1.82, 2.24) is 0 Å². The van der Waals surface area contributed by atoms with Crippen LogP contribution >= 0.6 is 35.3 Å². The Morgan fingerprint density at radius 3 is 2.73 bits per heavy atom. The first-order valence-electron chi connectivity index (χ1n) is 4.20. The summed E-state index contributed by atoms with van der Waals surface area (Å²) in [7, 11) is 0. The summed E-state index contributed by atoms with van der Waals surface area (Å²) in [5, 5.41) is 1.03. The van der Waals surface area contributed by atoms with E-state index in [1.807, 2.05) is 0 Å². The molecule has 1 fully saturated rings. The number of thioether (sulfide) groups is 3. The molecule has 1 saturated heterocycles. The molecular formula is C8H16S3. The molecule has 1 rings (SSSR count). The highest BCUT2D eigenvalue weighted by Gasteiger charge is 2.21. The van der Waals surface area contributed by atoms with Gasteiger partial charge in [0.25, 0.3) is 0 Å². The molecule has 1 atom stereocenters. The van der Waals surface area contributed by atoms with Gasteiger partial charge >= 0.3 is 0 Å². The molecule has 11 heavy (non-hydrogen) atoms. The Hall–Kier alpha value is 1.05. The largest absolute Gasteiger partial charge is 0.162 e. The molecule has 3 heteroatoms. The third kappa shape index (κ3) is 6.23. The van der Waals surface area contributed by atoms with Gasteiger partial charge in [-0.2, -0.15) is 35.3 Å². The molecule has 66 valence electrons. The van der Waals surface area contributed by atoms with Gasteiger partial charge in [-0.05, 0) is 23.7 Å². The minimum Gasteiger partial charge on any atom is -0.162 e. The minimum atomic E-state index is 1.03. The second-order valence-electron chi connectivity index (χ2n) is 2.58. The van der Waals surface area contributed by atoms with E-state index in [0.29, 0.717) is 0 Å². The maximum absolute atomic E-state index is 2.23. The van der Waals surface area contributed by atoms with Crippen LogP contribution in [0.5, 0.6) is 0 Å². The van der Waals surface area contributed by atoms with Crippen molar-refractivity contribution in [3.63, 3.8) is 0 Å². The third-order valence-electron chi connectivity index (χ3n) is 1.49. The fourth-order valence-corrected chi connectivity index (χ4v) is 3.58. The summed E-state index contributed by atoms with van der Waals surface area (Å²) >= 11 is 6.31. The van der Waals surface area contributed by atoms with Crippen LogP contribution in [0.3, 0.4) is 0 Å². The highest BCUT2D eigenvalue weighted by molar-refractivity contribution is 8.08. The Labute approximate surface area is 82.7 Å². The zero-order valence-corrected chi connectivity index (χ0v) is 9.49. The summed E-state index contributed by atoms with van der Waals surface area (Å²) < 4.78 is 0. The first-order chi connectivity index (χ1) is 5.43. The molecule has 1 unspecified atom stereocenters. The molecule has 1 aliphatic rings. The molecule has 0 saturated carbocycles. The summed E-state index contributed by atoms with van der Waals surface area (Å²) in [6.07, 6.45) is 1.40. The van der Waals surface area contributed by atoms with E-state index in [2.05, 4.69) is 42.2 Å². The highest BCUT2D eigenvalue weighted by Crippen LogP contribution is 2.32. The fraction of sp³-hybridized carbons (Fsp3) is 1.00. The molecule has 0 spiro atoms.